The van der Waals surface area contributed by atoms with E-state index < -0.39 is 0 Å². The number of ether oxygens (including phenoxy) is 2. The van der Waals surface area contributed by atoms with Crippen molar-refractivity contribution < 1.29 is 14.6 Å². The lowest BCUT2D eigenvalue weighted by Crippen LogP contribution is -2.25. The summed E-state index contributed by atoms with van der Waals surface area (Å²) in [4.78, 5) is 2.47. The molecule has 0 bridgehead atoms. The Bertz CT molecular complexity index is 430. The van der Waals surface area contributed by atoms with Crippen molar-refractivity contribution in [3.63, 3.8) is 0 Å². The average molecular weight is 394 g/mol. The van der Waals surface area contributed by atoms with Crippen molar-refractivity contribution in [2.24, 2.45) is 0 Å². The van der Waals surface area contributed by atoms with E-state index in [0.29, 0.717) is 5.75 Å². The van der Waals surface area contributed by atoms with Gasteiger partial charge in [0.2, 0.25) is 0 Å². The molecule has 0 aliphatic heterocycles. The standard InChI is InChI=1S/C24H43NO3/c1-3-19-27-21-11-7-5-9-17-25(23-13-15-24(26)16-14-23)18-10-6-8-12-22-28-20-4-2/h13-16,26H,3-12,17-22H2,1-2H3. The van der Waals surface area contributed by atoms with Crippen LogP contribution >= 0.6 is 0 Å². The van der Waals surface area contributed by atoms with Crippen molar-refractivity contribution in [2.75, 3.05) is 44.4 Å². The van der Waals surface area contributed by atoms with E-state index in [-0.39, 0.29) is 0 Å². The Kier molecular flexibility index (Phi) is 15.8. The number of hydrogen-bond donors (Lipinski definition) is 1. The second-order valence-corrected chi connectivity index (χ2v) is 7.56. The second kappa shape index (κ2) is 17.8. The highest BCUT2D eigenvalue weighted by Crippen LogP contribution is 2.20. The van der Waals surface area contributed by atoms with Gasteiger partial charge in [-0.15, -0.1) is 0 Å². The molecule has 4 nitrogen and oxygen atoms in total. The molecule has 0 aliphatic rings. The van der Waals surface area contributed by atoms with Crippen molar-refractivity contribution in [1.82, 2.24) is 0 Å². The van der Waals surface area contributed by atoms with E-state index >= 15 is 0 Å². The molecule has 0 saturated heterocycles. The first kappa shape index (κ1) is 24.8. The van der Waals surface area contributed by atoms with Crippen LogP contribution in [-0.4, -0.2) is 44.6 Å². The van der Waals surface area contributed by atoms with E-state index in [2.05, 4.69) is 18.7 Å². The van der Waals surface area contributed by atoms with E-state index in [1.807, 2.05) is 12.1 Å². The van der Waals surface area contributed by atoms with Crippen molar-refractivity contribution in [3.05, 3.63) is 24.3 Å². The summed E-state index contributed by atoms with van der Waals surface area (Å²) in [5.41, 5.74) is 1.22. The second-order valence-electron chi connectivity index (χ2n) is 7.56. The van der Waals surface area contributed by atoms with Crippen LogP contribution in [-0.2, 0) is 9.47 Å². The molecule has 28 heavy (non-hydrogen) atoms. The van der Waals surface area contributed by atoms with Gasteiger partial charge in [-0.1, -0.05) is 39.5 Å². The number of nitrogens with zero attached hydrogens (tertiary/aromatic N) is 1. The van der Waals surface area contributed by atoms with Gasteiger partial charge in [0, 0.05) is 45.2 Å². The van der Waals surface area contributed by atoms with E-state index in [0.717, 1.165) is 52.4 Å². The molecule has 0 fully saturated rings. The summed E-state index contributed by atoms with van der Waals surface area (Å²) >= 11 is 0. The first-order valence-corrected chi connectivity index (χ1v) is 11.5. The van der Waals surface area contributed by atoms with Gasteiger partial charge >= 0.3 is 0 Å². The van der Waals surface area contributed by atoms with E-state index in [1.165, 1.54) is 57.1 Å². The van der Waals surface area contributed by atoms with E-state index in [4.69, 9.17) is 9.47 Å². The molecule has 0 aromatic heterocycles. The number of aromatic hydroxyl groups is 1. The van der Waals surface area contributed by atoms with Gasteiger partial charge in [-0.2, -0.15) is 0 Å². The van der Waals surface area contributed by atoms with Crippen LogP contribution in [0.25, 0.3) is 0 Å². The third kappa shape index (κ3) is 13.0. The predicted octanol–water partition coefficient (Wildman–Crippen LogP) is 6.17. The van der Waals surface area contributed by atoms with Gasteiger partial charge in [-0.3, -0.25) is 0 Å². The molecule has 0 saturated carbocycles. The number of anilines is 1. The lowest BCUT2D eigenvalue weighted by molar-refractivity contribution is 0.130. The Labute approximate surface area is 173 Å². The smallest absolute Gasteiger partial charge is 0.115 e. The van der Waals surface area contributed by atoms with Gasteiger partial charge in [0.15, 0.2) is 0 Å². The van der Waals surface area contributed by atoms with Crippen LogP contribution in [0.1, 0.15) is 78.1 Å². The summed E-state index contributed by atoms with van der Waals surface area (Å²) in [6.45, 7) is 10.0. The van der Waals surface area contributed by atoms with Gasteiger partial charge in [0.05, 0.1) is 0 Å². The number of unbranched alkanes of at least 4 members (excludes halogenated alkanes) is 6. The normalized spacial score (nSPS) is 11.1. The fourth-order valence-electron chi connectivity index (χ4n) is 3.25. The van der Waals surface area contributed by atoms with Crippen LogP contribution in [0.4, 0.5) is 5.69 Å². The summed E-state index contributed by atoms with van der Waals surface area (Å²) in [5.74, 6) is 0.336. The number of hydrogen-bond acceptors (Lipinski definition) is 4. The highest BCUT2D eigenvalue weighted by atomic mass is 16.5. The molecular weight excluding hydrogens is 350 g/mol. The molecule has 0 amide bonds. The van der Waals surface area contributed by atoms with Gasteiger partial charge in [0.1, 0.15) is 5.75 Å². The van der Waals surface area contributed by atoms with Gasteiger partial charge in [-0.05, 0) is 62.8 Å². The molecular formula is C24H43NO3. The molecule has 1 N–H and O–H groups in total. The van der Waals surface area contributed by atoms with Gasteiger partial charge < -0.3 is 19.5 Å². The number of phenols is 1. The predicted molar refractivity (Wildman–Crippen MR) is 119 cm³/mol. The lowest BCUT2D eigenvalue weighted by atomic mass is 10.1. The number of benzene rings is 1. The van der Waals surface area contributed by atoms with Crippen LogP contribution < -0.4 is 4.90 Å². The first-order chi connectivity index (χ1) is 13.8. The summed E-state index contributed by atoms with van der Waals surface area (Å²) in [7, 11) is 0. The molecule has 162 valence electrons. The van der Waals surface area contributed by atoms with Crippen molar-refractivity contribution in [2.45, 2.75) is 78.1 Å². The summed E-state index contributed by atoms with van der Waals surface area (Å²) < 4.78 is 11.1. The maximum atomic E-state index is 9.57. The Balaban J connectivity index is 2.24. The Morgan fingerprint density at radius 2 is 1.11 bits per heavy atom. The molecule has 0 spiro atoms. The third-order valence-electron chi connectivity index (χ3n) is 4.85. The zero-order valence-corrected chi connectivity index (χ0v) is 18.3. The molecule has 1 aromatic carbocycles. The SMILES string of the molecule is CCCOCCCCCCN(CCCCCCOCCC)c1ccc(O)cc1. The lowest BCUT2D eigenvalue weighted by Gasteiger charge is -2.25. The topological polar surface area (TPSA) is 41.9 Å². The monoisotopic (exact) mass is 393 g/mol. The third-order valence-corrected chi connectivity index (χ3v) is 4.85. The maximum absolute atomic E-state index is 9.57. The average Bonchev–Trinajstić information content (AvgIpc) is 2.71. The molecule has 0 unspecified atom stereocenters. The molecule has 0 radical (unpaired) electrons. The van der Waals surface area contributed by atoms with Crippen molar-refractivity contribution >= 4 is 5.69 Å². The minimum absolute atomic E-state index is 0.336. The van der Waals surface area contributed by atoms with Crippen LogP contribution in [0.5, 0.6) is 5.75 Å². The summed E-state index contributed by atoms with van der Waals surface area (Å²) in [6, 6.07) is 7.65. The van der Waals surface area contributed by atoms with Crippen molar-refractivity contribution in [1.29, 1.82) is 0 Å². The van der Waals surface area contributed by atoms with Crippen LogP contribution in [0, 0.1) is 0 Å². The minimum atomic E-state index is 0.336. The van der Waals surface area contributed by atoms with E-state index in [9.17, 15) is 5.11 Å². The highest BCUT2D eigenvalue weighted by molar-refractivity contribution is 5.48. The fourth-order valence-corrected chi connectivity index (χ4v) is 3.25. The van der Waals surface area contributed by atoms with Crippen LogP contribution in [0.15, 0.2) is 24.3 Å². The quantitative estimate of drug-likeness (QED) is 0.285. The van der Waals surface area contributed by atoms with Crippen molar-refractivity contribution in [3.8, 4) is 5.75 Å². The van der Waals surface area contributed by atoms with E-state index in [1.54, 1.807) is 12.1 Å². The zero-order valence-electron chi connectivity index (χ0n) is 18.3. The fraction of sp³-hybridized carbons (Fsp3) is 0.750. The highest BCUT2D eigenvalue weighted by Gasteiger charge is 2.06. The number of phenolic OH excluding ortho intramolecular Hbond substituents is 1. The molecule has 4 heteroatoms. The zero-order chi connectivity index (χ0) is 20.3. The Morgan fingerprint density at radius 3 is 1.57 bits per heavy atom. The number of rotatable bonds is 19. The minimum Gasteiger partial charge on any atom is -0.508 e. The summed E-state index contributed by atoms with van der Waals surface area (Å²) in [6.07, 6.45) is 11.9. The Morgan fingerprint density at radius 1 is 0.643 bits per heavy atom. The van der Waals surface area contributed by atoms with Gasteiger partial charge in [0.25, 0.3) is 0 Å². The largest absolute Gasteiger partial charge is 0.508 e. The molecule has 1 aromatic rings. The van der Waals surface area contributed by atoms with Crippen LogP contribution in [0.3, 0.4) is 0 Å². The van der Waals surface area contributed by atoms with Crippen LogP contribution in [0.2, 0.25) is 0 Å². The molecule has 0 heterocycles. The Hall–Kier alpha value is -1.26. The first-order valence-electron chi connectivity index (χ1n) is 11.5. The molecule has 0 atom stereocenters. The molecule has 1 rings (SSSR count). The maximum Gasteiger partial charge on any atom is 0.115 e. The molecule has 0 aliphatic carbocycles. The van der Waals surface area contributed by atoms with Gasteiger partial charge in [-0.25, -0.2) is 0 Å². The summed E-state index contributed by atoms with van der Waals surface area (Å²) in [5, 5.41) is 9.57.